The minimum atomic E-state index is -0.407. The number of carbonyl (C=O) groups excluding carboxylic acids is 1. The van der Waals surface area contributed by atoms with Gasteiger partial charge in [0.05, 0.1) is 4.92 Å². The highest BCUT2D eigenvalue weighted by molar-refractivity contribution is 5.85. The monoisotopic (exact) mass is 367 g/mol. The number of non-ortho nitro benzene ring substituents is 1. The molecule has 25 heavy (non-hydrogen) atoms. The van der Waals surface area contributed by atoms with Crippen molar-refractivity contribution >= 4 is 24.0 Å². The first-order chi connectivity index (χ1) is 11.5. The van der Waals surface area contributed by atoms with E-state index in [0.717, 1.165) is 31.2 Å². The Morgan fingerprint density at radius 1 is 1.20 bits per heavy atom. The third-order valence-electron chi connectivity index (χ3n) is 5.64. The third kappa shape index (κ3) is 4.70. The molecule has 2 bridgehead atoms. The van der Waals surface area contributed by atoms with Gasteiger partial charge in [-0.25, -0.2) is 0 Å². The Labute approximate surface area is 154 Å². The molecule has 2 fully saturated rings. The van der Waals surface area contributed by atoms with Crippen LogP contribution in [0.25, 0.3) is 0 Å². The van der Waals surface area contributed by atoms with Gasteiger partial charge in [0.15, 0.2) is 0 Å². The summed E-state index contributed by atoms with van der Waals surface area (Å²) in [5, 5.41) is 13.7. The van der Waals surface area contributed by atoms with Gasteiger partial charge in [-0.1, -0.05) is 18.6 Å². The molecule has 0 aliphatic heterocycles. The molecule has 138 valence electrons. The number of amides is 1. The van der Waals surface area contributed by atoms with Gasteiger partial charge in [0.2, 0.25) is 5.91 Å². The van der Waals surface area contributed by atoms with Crippen LogP contribution in [-0.2, 0) is 11.2 Å². The van der Waals surface area contributed by atoms with Gasteiger partial charge in [0, 0.05) is 30.6 Å². The van der Waals surface area contributed by atoms with E-state index < -0.39 is 4.92 Å². The highest BCUT2D eigenvalue weighted by Gasteiger charge is 2.40. The molecule has 1 aromatic carbocycles. The Morgan fingerprint density at radius 3 is 2.36 bits per heavy atom. The summed E-state index contributed by atoms with van der Waals surface area (Å²) in [5.74, 6) is 1.24. The fraction of sp³-hybridized carbons (Fsp3) is 0.611. The first-order valence-corrected chi connectivity index (χ1v) is 8.81. The highest BCUT2D eigenvalue weighted by Crippen LogP contribution is 2.41. The summed E-state index contributed by atoms with van der Waals surface area (Å²) >= 11 is 0. The number of rotatable bonds is 5. The van der Waals surface area contributed by atoms with Gasteiger partial charge < -0.3 is 11.1 Å². The Bertz CT molecular complexity index is 594. The summed E-state index contributed by atoms with van der Waals surface area (Å²) in [6.07, 6.45) is 6.08. The van der Waals surface area contributed by atoms with Crippen molar-refractivity contribution in [3.63, 3.8) is 0 Å². The molecule has 6 nitrogen and oxygen atoms in total. The van der Waals surface area contributed by atoms with Gasteiger partial charge in [0.1, 0.15) is 0 Å². The zero-order valence-electron chi connectivity index (χ0n) is 14.2. The van der Waals surface area contributed by atoms with Crippen molar-refractivity contribution in [3.8, 4) is 0 Å². The summed E-state index contributed by atoms with van der Waals surface area (Å²) in [6.45, 7) is 0.564. The van der Waals surface area contributed by atoms with Gasteiger partial charge in [-0.05, 0) is 49.5 Å². The first kappa shape index (κ1) is 19.7. The van der Waals surface area contributed by atoms with Gasteiger partial charge in [-0.15, -0.1) is 12.4 Å². The average Bonchev–Trinajstić information content (AvgIpc) is 2.55. The quantitative estimate of drug-likeness (QED) is 0.617. The van der Waals surface area contributed by atoms with Crippen LogP contribution in [0.15, 0.2) is 24.3 Å². The second kappa shape index (κ2) is 8.63. The predicted molar refractivity (Wildman–Crippen MR) is 98.6 cm³/mol. The van der Waals surface area contributed by atoms with Crippen LogP contribution in [-0.4, -0.2) is 23.4 Å². The number of nitrogens with zero attached hydrogens (tertiary/aromatic N) is 1. The summed E-state index contributed by atoms with van der Waals surface area (Å²) in [6, 6.07) is 6.77. The van der Waals surface area contributed by atoms with E-state index in [4.69, 9.17) is 5.73 Å². The molecular weight excluding hydrogens is 342 g/mol. The SMILES string of the molecule is Cl.NC1C2CCCC1CC(C(=O)NCCc1ccc([N+](=O)[O-])cc1)C2. The maximum atomic E-state index is 12.4. The molecule has 2 saturated carbocycles. The molecule has 3 rings (SSSR count). The molecule has 2 aliphatic carbocycles. The van der Waals surface area contributed by atoms with Crippen LogP contribution in [0.4, 0.5) is 5.69 Å². The van der Waals surface area contributed by atoms with Gasteiger partial charge in [-0.3, -0.25) is 14.9 Å². The number of nitro benzene ring substituents is 1. The molecular formula is C18H26ClN3O3. The molecule has 0 spiro atoms. The van der Waals surface area contributed by atoms with Crippen molar-refractivity contribution in [3.05, 3.63) is 39.9 Å². The highest BCUT2D eigenvalue weighted by atomic mass is 35.5. The normalized spacial score (nSPS) is 27.9. The molecule has 1 aromatic rings. The van der Waals surface area contributed by atoms with Gasteiger partial charge in [-0.2, -0.15) is 0 Å². The lowest BCUT2D eigenvalue weighted by atomic mass is 9.65. The maximum absolute atomic E-state index is 12.4. The Hall–Kier alpha value is -1.66. The predicted octanol–water partition coefficient (Wildman–Crippen LogP) is 2.83. The topological polar surface area (TPSA) is 98.3 Å². The number of benzene rings is 1. The van der Waals surface area contributed by atoms with Crippen molar-refractivity contribution in [1.29, 1.82) is 0 Å². The van der Waals surface area contributed by atoms with E-state index in [1.807, 2.05) is 0 Å². The maximum Gasteiger partial charge on any atom is 0.269 e. The second-order valence-corrected chi connectivity index (χ2v) is 7.16. The van der Waals surface area contributed by atoms with E-state index in [0.29, 0.717) is 24.8 Å². The number of fused-ring (bicyclic) bond motifs is 2. The van der Waals surface area contributed by atoms with Crippen LogP contribution in [0.3, 0.4) is 0 Å². The van der Waals surface area contributed by atoms with E-state index in [1.165, 1.54) is 18.6 Å². The van der Waals surface area contributed by atoms with Crippen LogP contribution in [0.2, 0.25) is 0 Å². The van der Waals surface area contributed by atoms with Crippen LogP contribution in [0, 0.1) is 27.9 Å². The second-order valence-electron chi connectivity index (χ2n) is 7.16. The van der Waals surface area contributed by atoms with Gasteiger partial charge in [0.25, 0.3) is 5.69 Å². The number of halogens is 1. The van der Waals surface area contributed by atoms with E-state index in [9.17, 15) is 14.9 Å². The molecule has 2 atom stereocenters. The molecule has 7 heteroatoms. The molecule has 2 unspecified atom stereocenters. The van der Waals surface area contributed by atoms with Gasteiger partial charge >= 0.3 is 0 Å². The zero-order valence-corrected chi connectivity index (χ0v) is 15.0. The van der Waals surface area contributed by atoms with E-state index in [-0.39, 0.29) is 36.0 Å². The lowest BCUT2D eigenvalue weighted by Gasteiger charge is -2.43. The summed E-state index contributed by atoms with van der Waals surface area (Å²) in [7, 11) is 0. The molecule has 1 amide bonds. The van der Waals surface area contributed by atoms with Crippen molar-refractivity contribution < 1.29 is 9.72 Å². The number of nitrogens with two attached hydrogens (primary N) is 1. The minimum absolute atomic E-state index is 0. The largest absolute Gasteiger partial charge is 0.356 e. The lowest BCUT2D eigenvalue weighted by molar-refractivity contribution is -0.384. The third-order valence-corrected chi connectivity index (χ3v) is 5.64. The van der Waals surface area contributed by atoms with Crippen LogP contribution in [0.1, 0.15) is 37.7 Å². The van der Waals surface area contributed by atoms with Crippen LogP contribution in [0.5, 0.6) is 0 Å². The average molecular weight is 368 g/mol. The van der Waals surface area contributed by atoms with Crippen LogP contribution < -0.4 is 11.1 Å². The number of carbonyl (C=O) groups is 1. The smallest absolute Gasteiger partial charge is 0.269 e. The van der Waals surface area contributed by atoms with E-state index >= 15 is 0 Å². The van der Waals surface area contributed by atoms with E-state index in [1.54, 1.807) is 12.1 Å². The van der Waals surface area contributed by atoms with Crippen molar-refractivity contribution in [1.82, 2.24) is 5.32 Å². The molecule has 0 heterocycles. The summed E-state index contributed by atoms with van der Waals surface area (Å²) in [4.78, 5) is 22.7. The molecule has 0 radical (unpaired) electrons. The first-order valence-electron chi connectivity index (χ1n) is 8.81. The zero-order chi connectivity index (χ0) is 17.1. The number of hydrogen-bond acceptors (Lipinski definition) is 4. The van der Waals surface area contributed by atoms with Crippen LogP contribution >= 0.6 is 12.4 Å². The molecule has 0 aromatic heterocycles. The standard InChI is InChI=1S/C18H25N3O3.ClH/c19-17-13-2-1-3-14(17)11-15(10-13)18(22)20-9-8-12-4-6-16(7-5-12)21(23)24;/h4-7,13-15,17H,1-3,8-11,19H2,(H,20,22);1H. The van der Waals surface area contributed by atoms with E-state index in [2.05, 4.69) is 5.32 Å². The minimum Gasteiger partial charge on any atom is -0.356 e. The number of hydrogen-bond donors (Lipinski definition) is 2. The molecule has 2 aliphatic rings. The van der Waals surface area contributed by atoms with Crippen molar-refractivity contribution in [2.45, 2.75) is 44.6 Å². The Kier molecular flexibility index (Phi) is 6.79. The fourth-order valence-corrected chi connectivity index (χ4v) is 4.26. The van der Waals surface area contributed by atoms with Crippen molar-refractivity contribution in [2.24, 2.45) is 23.5 Å². The number of nitro groups is 1. The molecule has 0 saturated heterocycles. The van der Waals surface area contributed by atoms with Crippen molar-refractivity contribution in [2.75, 3.05) is 6.54 Å². The molecule has 3 N–H and O–H groups in total. The lowest BCUT2D eigenvalue weighted by Crippen LogP contribution is -2.49. The summed E-state index contributed by atoms with van der Waals surface area (Å²) < 4.78 is 0. The Morgan fingerprint density at radius 2 is 1.80 bits per heavy atom. The number of nitrogens with one attached hydrogen (secondary N) is 1. The fourth-order valence-electron chi connectivity index (χ4n) is 4.26. The summed E-state index contributed by atoms with van der Waals surface area (Å²) in [5.41, 5.74) is 7.36. The Balaban J connectivity index is 0.00000225.